The Kier molecular flexibility index (Phi) is 5.73. The third kappa shape index (κ3) is 4.21. The Hall–Kier alpha value is -2.17. The van der Waals surface area contributed by atoms with Gasteiger partial charge in [-0.3, -0.25) is 4.79 Å². The second-order valence-electron chi connectivity index (χ2n) is 3.66. The highest BCUT2D eigenvalue weighted by molar-refractivity contribution is 5.97. The fourth-order valence-electron chi connectivity index (χ4n) is 1.56. The zero-order valence-electron chi connectivity index (χ0n) is 10.4. The first-order valence-electron chi connectivity index (χ1n) is 5.65. The van der Waals surface area contributed by atoms with E-state index < -0.39 is 12.5 Å². The number of rotatable bonds is 7. The van der Waals surface area contributed by atoms with E-state index in [1.165, 1.54) is 23.1 Å². The summed E-state index contributed by atoms with van der Waals surface area (Å²) in [5.41, 5.74) is 0.0894. The number of halogens is 2. The lowest BCUT2D eigenvalue weighted by atomic mass is 10.1. The van der Waals surface area contributed by atoms with Crippen LogP contribution in [0.2, 0.25) is 0 Å². The van der Waals surface area contributed by atoms with Crippen molar-refractivity contribution in [2.24, 2.45) is 0 Å². The molecule has 19 heavy (non-hydrogen) atoms. The lowest BCUT2D eigenvalue weighted by Gasteiger charge is -2.20. The fraction of sp³-hybridized carbons (Fsp3) is 0.214. The molecule has 0 spiro atoms. The van der Waals surface area contributed by atoms with Gasteiger partial charge in [-0.2, -0.15) is 8.78 Å². The molecule has 1 aromatic rings. The van der Waals surface area contributed by atoms with Crippen LogP contribution in [0.15, 0.2) is 49.6 Å². The number of carbonyl (C=O) groups is 1. The summed E-state index contributed by atoms with van der Waals surface area (Å²) in [7, 11) is 0. The minimum Gasteiger partial charge on any atom is -0.434 e. The topological polar surface area (TPSA) is 29.5 Å². The first kappa shape index (κ1) is 14.9. The molecule has 0 radical (unpaired) electrons. The average Bonchev–Trinajstić information content (AvgIpc) is 2.38. The van der Waals surface area contributed by atoms with E-state index in [2.05, 4.69) is 17.9 Å². The molecule has 0 aliphatic carbocycles. The van der Waals surface area contributed by atoms with Crippen molar-refractivity contribution in [1.82, 2.24) is 4.90 Å². The van der Waals surface area contributed by atoms with Gasteiger partial charge in [0.1, 0.15) is 5.75 Å². The highest BCUT2D eigenvalue weighted by atomic mass is 19.3. The summed E-state index contributed by atoms with van der Waals surface area (Å²) in [4.78, 5) is 13.7. The quantitative estimate of drug-likeness (QED) is 0.710. The maximum absolute atomic E-state index is 12.3. The van der Waals surface area contributed by atoms with Crippen molar-refractivity contribution >= 4 is 5.91 Å². The van der Waals surface area contributed by atoms with E-state index in [-0.39, 0.29) is 11.3 Å². The molecule has 1 aromatic carbocycles. The number of carbonyl (C=O) groups excluding carboxylic acids is 1. The minimum absolute atomic E-state index is 0.0894. The average molecular weight is 267 g/mol. The van der Waals surface area contributed by atoms with Gasteiger partial charge in [0.15, 0.2) is 0 Å². The van der Waals surface area contributed by atoms with Crippen molar-refractivity contribution in [1.29, 1.82) is 0 Å². The largest absolute Gasteiger partial charge is 0.434 e. The van der Waals surface area contributed by atoms with E-state index in [1.807, 2.05) is 0 Å². The third-order valence-electron chi connectivity index (χ3n) is 2.32. The van der Waals surface area contributed by atoms with Crippen LogP contribution in [0.25, 0.3) is 0 Å². The summed E-state index contributed by atoms with van der Waals surface area (Å²) in [5.74, 6) is -0.545. The van der Waals surface area contributed by atoms with Gasteiger partial charge in [-0.15, -0.1) is 13.2 Å². The maximum atomic E-state index is 12.3. The molecule has 0 aromatic heterocycles. The predicted octanol–water partition coefficient (Wildman–Crippen LogP) is 3.10. The molecule has 1 rings (SSSR count). The van der Waals surface area contributed by atoms with Crippen LogP contribution in [0.3, 0.4) is 0 Å². The molecule has 0 aliphatic heterocycles. The Morgan fingerprint density at radius 1 is 1.26 bits per heavy atom. The summed E-state index contributed by atoms with van der Waals surface area (Å²) in [5, 5.41) is 0. The second-order valence-corrected chi connectivity index (χ2v) is 3.66. The van der Waals surface area contributed by atoms with Crippen LogP contribution in [0.4, 0.5) is 8.78 Å². The molecule has 0 N–H and O–H groups in total. The van der Waals surface area contributed by atoms with Gasteiger partial charge in [0.2, 0.25) is 0 Å². The van der Waals surface area contributed by atoms with Crippen LogP contribution in [-0.2, 0) is 0 Å². The van der Waals surface area contributed by atoms with Crippen LogP contribution in [0, 0.1) is 0 Å². The normalized spacial score (nSPS) is 10.1. The molecule has 5 heteroatoms. The van der Waals surface area contributed by atoms with E-state index >= 15 is 0 Å². The van der Waals surface area contributed by atoms with Crippen molar-refractivity contribution in [3.05, 3.63) is 55.1 Å². The standard InChI is InChI=1S/C14H15F2NO2/c1-3-9-17(10-4-2)13(18)11-7-5-6-8-12(11)19-14(15)16/h3-8,14H,1-2,9-10H2. The van der Waals surface area contributed by atoms with Gasteiger partial charge < -0.3 is 9.64 Å². The smallest absolute Gasteiger partial charge is 0.387 e. The van der Waals surface area contributed by atoms with E-state index in [4.69, 9.17) is 0 Å². The van der Waals surface area contributed by atoms with Gasteiger partial charge in [-0.25, -0.2) is 0 Å². The first-order valence-corrected chi connectivity index (χ1v) is 5.65. The molecule has 0 unspecified atom stereocenters. The summed E-state index contributed by atoms with van der Waals surface area (Å²) >= 11 is 0. The van der Waals surface area contributed by atoms with Crippen molar-refractivity contribution in [3.63, 3.8) is 0 Å². The van der Waals surface area contributed by atoms with E-state index in [1.54, 1.807) is 18.2 Å². The Morgan fingerprint density at radius 3 is 2.37 bits per heavy atom. The number of hydrogen-bond acceptors (Lipinski definition) is 2. The second kappa shape index (κ2) is 7.31. The van der Waals surface area contributed by atoms with E-state index in [0.29, 0.717) is 13.1 Å². The Balaban J connectivity index is 3.02. The number of ether oxygens (including phenoxy) is 1. The SMILES string of the molecule is C=CCN(CC=C)C(=O)c1ccccc1OC(F)F. The third-order valence-corrected chi connectivity index (χ3v) is 2.32. The van der Waals surface area contributed by atoms with Gasteiger partial charge in [-0.05, 0) is 12.1 Å². The molecular weight excluding hydrogens is 252 g/mol. The van der Waals surface area contributed by atoms with Crippen LogP contribution < -0.4 is 4.74 Å². The number of alkyl halides is 2. The van der Waals surface area contributed by atoms with Gasteiger partial charge in [0, 0.05) is 13.1 Å². The van der Waals surface area contributed by atoms with Gasteiger partial charge >= 0.3 is 6.61 Å². The number of nitrogens with zero attached hydrogens (tertiary/aromatic N) is 1. The van der Waals surface area contributed by atoms with Gasteiger partial charge in [0.25, 0.3) is 5.91 Å². The molecule has 0 atom stereocenters. The molecule has 3 nitrogen and oxygen atoms in total. The molecule has 0 saturated carbocycles. The molecule has 0 bridgehead atoms. The Bertz CT molecular complexity index is 451. The molecule has 0 saturated heterocycles. The summed E-state index contributed by atoms with van der Waals surface area (Å²) in [6.07, 6.45) is 3.11. The van der Waals surface area contributed by atoms with Crippen LogP contribution in [0.1, 0.15) is 10.4 Å². The number of para-hydroxylation sites is 1. The minimum atomic E-state index is -2.97. The lowest BCUT2D eigenvalue weighted by molar-refractivity contribution is -0.0502. The zero-order chi connectivity index (χ0) is 14.3. The van der Waals surface area contributed by atoms with Gasteiger partial charge in [0.05, 0.1) is 5.56 Å². The maximum Gasteiger partial charge on any atom is 0.387 e. The summed E-state index contributed by atoms with van der Waals surface area (Å²) in [6, 6.07) is 5.89. The highest BCUT2D eigenvalue weighted by Gasteiger charge is 2.19. The molecule has 0 heterocycles. The Morgan fingerprint density at radius 2 is 1.84 bits per heavy atom. The molecule has 0 fully saturated rings. The van der Waals surface area contributed by atoms with Crippen LogP contribution in [0.5, 0.6) is 5.75 Å². The lowest BCUT2D eigenvalue weighted by Crippen LogP contribution is -2.31. The molecule has 102 valence electrons. The predicted molar refractivity (Wildman–Crippen MR) is 69.4 cm³/mol. The molecular formula is C14H15F2NO2. The van der Waals surface area contributed by atoms with E-state index in [9.17, 15) is 13.6 Å². The first-order chi connectivity index (χ1) is 9.10. The van der Waals surface area contributed by atoms with E-state index in [0.717, 1.165) is 0 Å². The monoisotopic (exact) mass is 267 g/mol. The highest BCUT2D eigenvalue weighted by Crippen LogP contribution is 2.21. The number of hydrogen-bond donors (Lipinski definition) is 0. The Labute approximate surface area is 110 Å². The van der Waals surface area contributed by atoms with Crippen molar-refractivity contribution < 1.29 is 18.3 Å². The molecule has 0 aliphatic rings. The van der Waals surface area contributed by atoms with Crippen molar-refractivity contribution in [2.75, 3.05) is 13.1 Å². The number of amides is 1. The zero-order valence-corrected chi connectivity index (χ0v) is 10.4. The molecule has 1 amide bonds. The van der Waals surface area contributed by atoms with Crippen molar-refractivity contribution in [2.45, 2.75) is 6.61 Å². The number of benzene rings is 1. The van der Waals surface area contributed by atoms with Crippen LogP contribution in [-0.4, -0.2) is 30.5 Å². The van der Waals surface area contributed by atoms with Gasteiger partial charge in [-0.1, -0.05) is 24.3 Å². The summed E-state index contributed by atoms with van der Waals surface area (Å²) < 4.78 is 28.9. The van der Waals surface area contributed by atoms with Crippen LogP contribution >= 0.6 is 0 Å². The summed E-state index contributed by atoms with van der Waals surface area (Å²) in [6.45, 7) is 4.73. The fourth-order valence-corrected chi connectivity index (χ4v) is 1.56. The van der Waals surface area contributed by atoms with Crippen molar-refractivity contribution in [3.8, 4) is 5.75 Å².